The number of hydrogen-bond acceptors (Lipinski definition) is 7. The lowest BCUT2D eigenvalue weighted by molar-refractivity contribution is -0.156. The zero-order valence-electron chi connectivity index (χ0n) is 16.2. The number of esters is 1. The van der Waals surface area contributed by atoms with Crippen LogP contribution < -0.4 is 14.8 Å². The number of carbonyl (C=O) groups is 4. The fourth-order valence-corrected chi connectivity index (χ4v) is 3.21. The Morgan fingerprint density at radius 3 is 2.30 bits per heavy atom. The average Bonchev–Trinajstić information content (AvgIpc) is 3.30. The Labute approximate surface area is 171 Å². The maximum Gasteiger partial charge on any atom is 0.329 e. The molecule has 9 heteroatoms. The zero-order chi connectivity index (χ0) is 21.4. The van der Waals surface area contributed by atoms with Gasteiger partial charge in [-0.2, -0.15) is 0 Å². The predicted molar refractivity (Wildman–Crippen MR) is 103 cm³/mol. The van der Waals surface area contributed by atoms with Crippen LogP contribution in [0.25, 0.3) is 0 Å². The molecule has 0 bridgehead atoms. The van der Waals surface area contributed by atoms with Crippen LogP contribution in [0.15, 0.2) is 42.5 Å². The van der Waals surface area contributed by atoms with Crippen LogP contribution in [0.3, 0.4) is 0 Å². The van der Waals surface area contributed by atoms with Crippen LogP contribution in [0.2, 0.25) is 0 Å². The summed E-state index contributed by atoms with van der Waals surface area (Å²) in [4.78, 5) is 50.7. The van der Waals surface area contributed by atoms with Gasteiger partial charge in [0.25, 0.3) is 17.7 Å². The minimum absolute atomic E-state index is 0.108. The molecule has 2 heterocycles. The van der Waals surface area contributed by atoms with Crippen LogP contribution in [-0.2, 0) is 14.3 Å². The number of anilines is 1. The molecular formula is C21H18N2O7. The molecular weight excluding hydrogens is 392 g/mol. The number of nitrogens with one attached hydrogen (secondary N) is 1. The van der Waals surface area contributed by atoms with Crippen LogP contribution in [0, 0.1) is 0 Å². The molecule has 2 aromatic rings. The second-order valence-electron chi connectivity index (χ2n) is 6.84. The van der Waals surface area contributed by atoms with Crippen molar-refractivity contribution in [2.75, 3.05) is 12.1 Å². The number of rotatable bonds is 5. The lowest BCUT2D eigenvalue weighted by Crippen LogP contribution is -2.45. The van der Waals surface area contributed by atoms with Gasteiger partial charge in [0, 0.05) is 11.8 Å². The lowest BCUT2D eigenvalue weighted by Gasteiger charge is -2.22. The second-order valence-corrected chi connectivity index (χ2v) is 6.84. The third-order valence-corrected chi connectivity index (χ3v) is 4.86. The molecule has 154 valence electrons. The maximum absolute atomic E-state index is 12.5. The molecule has 4 rings (SSSR count). The van der Waals surface area contributed by atoms with Crippen molar-refractivity contribution in [1.82, 2.24) is 4.90 Å². The fraction of sp³-hybridized carbons (Fsp3) is 0.238. The van der Waals surface area contributed by atoms with Crippen molar-refractivity contribution in [3.8, 4) is 11.5 Å². The number of imide groups is 1. The van der Waals surface area contributed by atoms with Crippen LogP contribution in [0.1, 0.15) is 34.6 Å². The molecule has 0 saturated carbocycles. The number of amides is 3. The second kappa shape index (κ2) is 7.51. The van der Waals surface area contributed by atoms with Gasteiger partial charge in [0.1, 0.15) is 6.04 Å². The number of nitrogens with zero attached hydrogens (tertiary/aromatic N) is 1. The highest BCUT2D eigenvalue weighted by atomic mass is 16.7. The van der Waals surface area contributed by atoms with E-state index in [9.17, 15) is 19.2 Å². The summed E-state index contributed by atoms with van der Waals surface area (Å²) in [5.74, 6) is -1.51. The van der Waals surface area contributed by atoms with E-state index in [0.29, 0.717) is 17.2 Å². The molecule has 0 radical (unpaired) electrons. The molecule has 3 amide bonds. The van der Waals surface area contributed by atoms with E-state index >= 15 is 0 Å². The van der Waals surface area contributed by atoms with Crippen molar-refractivity contribution in [3.63, 3.8) is 0 Å². The van der Waals surface area contributed by atoms with Crippen LogP contribution >= 0.6 is 0 Å². The number of ether oxygens (including phenoxy) is 3. The summed E-state index contributed by atoms with van der Waals surface area (Å²) >= 11 is 0. The maximum atomic E-state index is 12.5. The first-order valence-corrected chi connectivity index (χ1v) is 9.24. The molecule has 0 aliphatic carbocycles. The summed E-state index contributed by atoms with van der Waals surface area (Å²) in [7, 11) is 0. The quantitative estimate of drug-likeness (QED) is 0.593. The normalized spacial score (nSPS) is 16.1. The van der Waals surface area contributed by atoms with E-state index in [4.69, 9.17) is 14.2 Å². The molecule has 0 aromatic heterocycles. The summed E-state index contributed by atoms with van der Waals surface area (Å²) in [6, 6.07) is 10.0. The van der Waals surface area contributed by atoms with Crippen molar-refractivity contribution in [2.24, 2.45) is 0 Å². The minimum Gasteiger partial charge on any atom is -0.454 e. The molecule has 1 N–H and O–H groups in total. The van der Waals surface area contributed by atoms with E-state index in [1.54, 1.807) is 30.3 Å². The van der Waals surface area contributed by atoms with Gasteiger partial charge in [0.2, 0.25) is 6.79 Å². The first-order chi connectivity index (χ1) is 14.4. The van der Waals surface area contributed by atoms with Gasteiger partial charge in [-0.15, -0.1) is 0 Å². The molecule has 2 aliphatic heterocycles. The highest BCUT2D eigenvalue weighted by Gasteiger charge is 2.41. The average molecular weight is 410 g/mol. The minimum atomic E-state index is -1.18. The van der Waals surface area contributed by atoms with Gasteiger partial charge in [-0.05, 0) is 38.1 Å². The standard InChI is InChI=1S/C21H18N2O7/c1-11(23-19(25)14-5-3-4-6-15(14)20(23)26)21(27)30-12(2)18(24)22-13-7-8-16-17(9-13)29-10-28-16/h3-9,11-12H,10H2,1-2H3,(H,22,24)/t11-,12+/m0/s1. The van der Waals surface area contributed by atoms with Crippen molar-refractivity contribution < 1.29 is 33.4 Å². The van der Waals surface area contributed by atoms with Crippen molar-refractivity contribution in [1.29, 1.82) is 0 Å². The van der Waals surface area contributed by atoms with Crippen molar-refractivity contribution >= 4 is 29.4 Å². The third-order valence-electron chi connectivity index (χ3n) is 4.86. The molecule has 0 unspecified atom stereocenters. The molecule has 9 nitrogen and oxygen atoms in total. The Balaban J connectivity index is 1.39. The third kappa shape index (κ3) is 3.34. The van der Waals surface area contributed by atoms with E-state index in [2.05, 4.69) is 5.32 Å². The van der Waals surface area contributed by atoms with Crippen LogP contribution in [0.4, 0.5) is 5.69 Å². The van der Waals surface area contributed by atoms with Gasteiger partial charge < -0.3 is 19.5 Å². The van der Waals surface area contributed by atoms with Crippen LogP contribution in [0.5, 0.6) is 11.5 Å². The summed E-state index contributed by atoms with van der Waals surface area (Å²) < 4.78 is 15.7. The lowest BCUT2D eigenvalue weighted by atomic mass is 10.1. The Bertz CT molecular complexity index is 1030. The van der Waals surface area contributed by atoms with Gasteiger partial charge in [-0.25, -0.2) is 4.79 Å². The van der Waals surface area contributed by atoms with E-state index in [1.807, 2.05) is 0 Å². The summed E-state index contributed by atoms with van der Waals surface area (Å²) in [5, 5.41) is 2.62. The number of hydrogen-bond donors (Lipinski definition) is 1. The Hall–Kier alpha value is -3.88. The molecule has 2 aliphatic rings. The monoisotopic (exact) mass is 410 g/mol. The molecule has 0 spiro atoms. The molecule has 2 aromatic carbocycles. The van der Waals surface area contributed by atoms with Gasteiger partial charge in [-0.3, -0.25) is 19.3 Å². The van der Waals surface area contributed by atoms with E-state index in [-0.39, 0.29) is 17.9 Å². The Morgan fingerprint density at radius 2 is 1.63 bits per heavy atom. The molecule has 2 atom stereocenters. The first kappa shape index (κ1) is 19.4. The van der Waals surface area contributed by atoms with Crippen LogP contribution in [-0.4, -0.2) is 47.5 Å². The largest absolute Gasteiger partial charge is 0.454 e. The summed E-state index contributed by atoms with van der Waals surface area (Å²) in [6.07, 6.45) is -1.15. The van der Waals surface area contributed by atoms with E-state index in [1.165, 1.54) is 26.0 Å². The van der Waals surface area contributed by atoms with Gasteiger partial charge in [0.15, 0.2) is 17.6 Å². The summed E-state index contributed by atoms with van der Waals surface area (Å²) in [6.45, 7) is 2.89. The topological polar surface area (TPSA) is 111 Å². The van der Waals surface area contributed by atoms with Crippen molar-refractivity contribution in [3.05, 3.63) is 53.6 Å². The fourth-order valence-electron chi connectivity index (χ4n) is 3.21. The Kier molecular flexibility index (Phi) is 4.86. The van der Waals surface area contributed by atoms with Gasteiger partial charge >= 0.3 is 5.97 Å². The van der Waals surface area contributed by atoms with Crippen molar-refractivity contribution in [2.45, 2.75) is 26.0 Å². The predicted octanol–water partition coefficient (Wildman–Crippen LogP) is 1.97. The molecule has 30 heavy (non-hydrogen) atoms. The van der Waals surface area contributed by atoms with Gasteiger partial charge in [0.05, 0.1) is 11.1 Å². The molecule has 0 fully saturated rings. The highest BCUT2D eigenvalue weighted by molar-refractivity contribution is 6.22. The number of fused-ring (bicyclic) bond motifs is 2. The first-order valence-electron chi connectivity index (χ1n) is 9.24. The number of benzene rings is 2. The highest BCUT2D eigenvalue weighted by Crippen LogP contribution is 2.34. The number of carbonyl (C=O) groups excluding carboxylic acids is 4. The smallest absolute Gasteiger partial charge is 0.329 e. The summed E-state index contributed by atoms with van der Waals surface area (Å²) in [5.41, 5.74) is 0.909. The van der Waals surface area contributed by atoms with E-state index < -0.39 is 35.8 Å². The van der Waals surface area contributed by atoms with Gasteiger partial charge in [-0.1, -0.05) is 12.1 Å². The Morgan fingerprint density at radius 1 is 1.00 bits per heavy atom. The molecule has 0 saturated heterocycles. The zero-order valence-corrected chi connectivity index (χ0v) is 16.2. The SMILES string of the molecule is C[C@@H](OC(=O)[C@H](C)N1C(=O)c2ccccc2C1=O)C(=O)Nc1ccc2c(c1)OCO2. The van der Waals surface area contributed by atoms with E-state index in [0.717, 1.165) is 4.90 Å².